The fraction of sp³-hybridized carbons (Fsp3) is 0.857. The van der Waals surface area contributed by atoms with E-state index in [0.29, 0.717) is 12.5 Å². The molecule has 1 spiro atoms. The molecule has 5 heteroatoms. The number of piperidine rings is 1. The molecule has 2 aliphatic heterocycles. The normalized spacial score (nSPS) is 30.7. The van der Waals surface area contributed by atoms with Crippen LogP contribution < -0.4 is 10.6 Å². The molecule has 3 aliphatic rings. The van der Waals surface area contributed by atoms with Gasteiger partial charge in [0.05, 0.1) is 0 Å². The third kappa shape index (κ3) is 2.36. The van der Waals surface area contributed by atoms with Crippen molar-refractivity contribution in [2.75, 3.05) is 19.6 Å². The molecule has 0 aromatic carbocycles. The van der Waals surface area contributed by atoms with Gasteiger partial charge in [0.25, 0.3) is 5.91 Å². The Morgan fingerprint density at radius 2 is 1.95 bits per heavy atom. The molecule has 1 saturated carbocycles. The summed E-state index contributed by atoms with van der Waals surface area (Å²) in [5.41, 5.74) is -0.558. The Morgan fingerprint density at radius 1 is 1.16 bits per heavy atom. The number of carbonyl (C=O) groups excluding carboxylic acids is 2. The average Bonchev–Trinajstić information content (AvgIpc) is 2.66. The minimum Gasteiger partial charge on any atom is -0.323 e. The molecule has 3 amide bonds. The van der Waals surface area contributed by atoms with Crippen LogP contribution in [0.3, 0.4) is 0 Å². The number of nitrogens with one attached hydrogen (secondary N) is 2. The van der Waals surface area contributed by atoms with E-state index in [2.05, 4.69) is 10.6 Å². The molecule has 3 rings (SSSR count). The number of carbonyl (C=O) groups is 2. The summed E-state index contributed by atoms with van der Waals surface area (Å²) in [6, 6.07) is -0.169. The van der Waals surface area contributed by atoms with Gasteiger partial charge in [0, 0.05) is 6.54 Å². The molecule has 2 heterocycles. The summed E-state index contributed by atoms with van der Waals surface area (Å²) in [5.74, 6) is 0.449. The van der Waals surface area contributed by atoms with Crippen LogP contribution in [0.2, 0.25) is 0 Å². The largest absolute Gasteiger partial charge is 0.325 e. The van der Waals surface area contributed by atoms with Crippen LogP contribution in [0.15, 0.2) is 0 Å². The summed E-state index contributed by atoms with van der Waals surface area (Å²) in [4.78, 5) is 26.2. The van der Waals surface area contributed by atoms with E-state index in [1.165, 1.54) is 11.3 Å². The summed E-state index contributed by atoms with van der Waals surface area (Å²) in [6.07, 6.45) is 7.15. The molecule has 1 atom stereocenters. The molecule has 0 radical (unpaired) electrons. The van der Waals surface area contributed by atoms with E-state index < -0.39 is 5.54 Å². The first-order chi connectivity index (χ1) is 9.21. The molecule has 0 bridgehead atoms. The summed E-state index contributed by atoms with van der Waals surface area (Å²) in [5, 5.41) is 6.32. The highest BCUT2D eigenvalue weighted by Gasteiger charge is 2.51. The molecule has 0 aromatic rings. The predicted octanol–water partition coefficient (Wildman–Crippen LogP) is 1.24. The molecule has 1 unspecified atom stereocenters. The van der Waals surface area contributed by atoms with E-state index in [9.17, 15) is 9.59 Å². The van der Waals surface area contributed by atoms with E-state index in [0.717, 1.165) is 51.6 Å². The van der Waals surface area contributed by atoms with Gasteiger partial charge in [-0.15, -0.1) is 0 Å². The molecular formula is C14H23N3O2. The molecular weight excluding hydrogens is 242 g/mol. The van der Waals surface area contributed by atoms with Gasteiger partial charge in [0.2, 0.25) is 0 Å². The number of rotatable bonds is 2. The van der Waals surface area contributed by atoms with E-state index in [1.54, 1.807) is 0 Å². The lowest BCUT2D eigenvalue weighted by Gasteiger charge is -2.31. The number of urea groups is 1. The third-order valence-corrected chi connectivity index (χ3v) is 4.79. The maximum absolute atomic E-state index is 12.6. The molecule has 106 valence electrons. The van der Waals surface area contributed by atoms with Gasteiger partial charge in [-0.3, -0.25) is 9.69 Å². The van der Waals surface area contributed by atoms with Crippen LogP contribution >= 0.6 is 0 Å². The van der Waals surface area contributed by atoms with Gasteiger partial charge in [-0.25, -0.2) is 4.79 Å². The van der Waals surface area contributed by atoms with Crippen LogP contribution in [0.4, 0.5) is 4.79 Å². The minimum absolute atomic E-state index is 0.0303. The topological polar surface area (TPSA) is 61.4 Å². The second kappa shape index (κ2) is 5.12. The maximum atomic E-state index is 12.6. The summed E-state index contributed by atoms with van der Waals surface area (Å²) < 4.78 is 0. The van der Waals surface area contributed by atoms with Gasteiger partial charge in [-0.05, 0) is 44.7 Å². The van der Waals surface area contributed by atoms with E-state index >= 15 is 0 Å². The lowest BCUT2D eigenvalue weighted by Crippen LogP contribution is -2.48. The highest BCUT2D eigenvalue weighted by molar-refractivity contribution is 6.07. The van der Waals surface area contributed by atoms with Crippen LogP contribution in [-0.2, 0) is 4.79 Å². The monoisotopic (exact) mass is 265 g/mol. The van der Waals surface area contributed by atoms with E-state index in [4.69, 9.17) is 0 Å². The summed E-state index contributed by atoms with van der Waals surface area (Å²) in [7, 11) is 0. The number of nitrogens with zero attached hydrogens (tertiary/aromatic N) is 1. The van der Waals surface area contributed by atoms with Crippen LogP contribution in [-0.4, -0.2) is 42.0 Å². The Morgan fingerprint density at radius 3 is 2.63 bits per heavy atom. The van der Waals surface area contributed by atoms with Gasteiger partial charge in [0.1, 0.15) is 5.54 Å². The first-order valence-corrected chi connectivity index (χ1v) is 7.56. The van der Waals surface area contributed by atoms with Crippen molar-refractivity contribution >= 4 is 11.9 Å². The molecule has 2 saturated heterocycles. The van der Waals surface area contributed by atoms with Crippen LogP contribution in [0.5, 0.6) is 0 Å². The maximum Gasteiger partial charge on any atom is 0.325 e. The van der Waals surface area contributed by atoms with Gasteiger partial charge in [0.15, 0.2) is 0 Å². The van der Waals surface area contributed by atoms with Crippen molar-refractivity contribution in [3.8, 4) is 0 Å². The Kier molecular flexibility index (Phi) is 3.48. The highest BCUT2D eigenvalue weighted by atomic mass is 16.2. The van der Waals surface area contributed by atoms with Crippen molar-refractivity contribution in [1.82, 2.24) is 15.5 Å². The molecule has 0 aromatic heterocycles. The summed E-state index contributed by atoms with van der Waals surface area (Å²) in [6.45, 7) is 2.56. The quantitative estimate of drug-likeness (QED) is 0.738. The second-order valence-electron chi connectivity index (χ2n) is 6.20. The third-order valence-electron chi connectivity index (χ3n) is 4.79. The minimum atomic E-state index is -0.558. The van der Waals surface area contributed by atoms with E-state index in [-0.39, 0.29) is 11.9 Å². The van der Waals surface area contributed by atoms with E-state index in [1.807, 2.05) is 0 Å². The first kappa shape index (κ1) is 12.9. The molecule has 3 fully saturated rings. The molecule has 5 nitrogen and oxygen atoms in total. The smallest absolute Gasteiger partial charge is 0.323 e. The van der Waals surface area contributed by atoms with Crippen molar-refractivity contribution in [1.29, 1.82) is 0 Å². The van der Waals surface area contributed by atoms with Crippen molar-refractivity contribution in [2.45, 2.75) is 50.5 Å². The van der Waals surface area contributed by atoms with Crippen molar-refractivity contribution in [3.63, 3.8) is 0 Å². The predicted molar refractivity (Wildman–Crippen MR) is 71.7 cm³/mol. The Hall–Kier alpha value is -1.10. The van der Waals surface area contributed by atoms with Gasteiger partial charge in [-0.1, -0.05) is 19.3 Å². The zero-order valence-corrected chi connectivity index (χ0v) is 11.4. The SMILES string of the molecule is O=C1NC2(CCCCC2)C(=O)N1CC1CCCNC1. The zero-order chi connectivity index (χ0) is 13.3. The fourth-order valence-corrected chi connectivity index (χ4v) is 3.67. The molecule has 2 N–H and O–H groups in total. The number of imide groups is 1. The lowest BCUT2D eigenvalue weighted by atomic mass is 9.81. The summed E-state index contributed by atoms with van der Waals surface area (Å²) >= 11 is 0. The van der Waals surface area contributed by atoms with Crippen molar-refractivity contribution < 1.29 is 9.59 Å². The average molecular weight is 265 g/mol. The van der Waals surface area contributed by atoms with Crippen LogP contribution in [0, 0.1) is 5.92 Å². The number of hydrogen-bond donors (Lipinski definition) is 2. The van der Waals surface area contributed by atoms with Crippen LogP contribution in [0.25, 0.3) is 0 Å². The standard InChI is InChI=1S/C14H23N3O2/c18-12-14(6-2-1-3-7-14)16-13(19)17(12)10-11-5-4-8-15-9-11/h11,15H,1-10H2,(H,16,19). The highest BCUT2D eigenvalue weighted by Crippen LogP contribution is 2.34. The first-order valence-electron chi connectivity index (χ1n) is 7.56. The number of hydrogen-bond acceptors (Lipinski definition) is 3. The Bertz CT molecular complexity index is 371. The van der Waals surface area contributed by atoms with Gasteiger partial charge >= 0.3 is 6.03 Å². The zero-order valence-electron chi connectivity index (χ0n) is 11.4. The lowest BCUT2D eigenvalue weighted by molar-refractivity contribution is -0.132. The van der Waals surface area contributed by atoms with Gasteiger partial charge < -0.3 is 10.6 Å². The fourth-order valence-electron chi connectivity index (χ4n) is 3.67. The van der Waals surface area contributed by atoms with Crippen molar-refractivity contribution in [2.24, 2.45) is 5.92 Å². The van der Waals surface area contributed by atoms with Crippen molar-refractivity contribution in [3.05, 3.63) is 0 Å². The van der Waals surface area contributed by atoms with Crippen LogP contribution in [0.1, 0.15) is 44.9 Å². The molecule has 1 aliphatic carbocycles. The second-order valence-corrected chi connectivity index (χ2v) is 6.20. The Labute approximate surface area is 114 Å². The molecule has 19 heavy (non-hydrogen) atoms. The Balaban J connectivity index is 1.68. The van der Waals surface area contributed by atoms with Gasteiger partial charge in [-0.2, -0.15) is 0 Å². The number of amides is 3.